The summed E-state index contributed by atoms with van der Waals surface area (Å²) >= 11 is 0. The van der Waals surface area contributed by atoms with Crippen LogP contribution < -0.4 is 0 Å². The molecule has 0 radical (unpaired) electrons. The van der Waals surface area contributed by atoms with Gasteiger partial charge in [-0.3, -0.25) is 9.59 Å². The minimum Gasteiger partial charge on any atom is -0.341 e. The van der Waals surface area contributed by atoms with E-state index < -0.39 is 0 Å². The molecule has 0 saturated heterocycles. The van der Waals surface area contributed by atoms with Crippen LogP contribution in [0, 0.1) is 5.82 Å². The highest BCUT2D eigenvalue weighted by Crippen LogP contribution is 2.11. The smallest absolute Gasteiger partial charge is 0.223 e. The summed E-state index contributed by atoms with van der Waals surface area (Å²) in [6, 6.07) is 15.2. The summed E-state index contributed by atoms with van der Waals surface area (Å²) in [5, 5.41) is 0. The first-order valence-electron chi connectivity index (χ1n) is 7.13. The van der Waals surface area contributed by atoms with Gasteiger partial charge >= 0.3 is 0 Å². The van der Waals surface area contributed by atoms with Crippen LogP contribution in [0.2, 0.25) is 0 Å². The Bertz CT molecular complexity index is 655. The number of hydrogen-bond donors (Lipinski definition) is 0. The molecule has 22 heavy (non-hydrogen) atoms. The van der Waals surface area contributed by atoms with Gasteiger partial charge in [-0.2, -0.15) is 0 Å². The highest BCUT2D eigenvalue weighted by atomic mass is 19.1. The van der Waals surface area contributed by atoms with Crippen molar-refractivity contribution in [3.63, 3.8) is 0 Å². The van der Waals surface area contributed by atoms with Gasteiger partial charge in [-0.15, -0.1) is 0 Å². The first kappa shape index (κ1) is 15.9. The quantitative estimate of drug-likeness (QED) is 0.766. The molecular formula is C18H18FNO2. The van der Waals surface area contributed by atoms with E-state index >= 15 is 0 Å². The van der Waals surface area contributed by atoms with Crippen LogP contribution in [-0.4, -0.2) is 23.6 Å². The molecule has 2 aromatic carbocycles. The van der Waals surface area contributed by atoms with Gasteiger partial charge in [0.15, 0.2) is 5.78 Å². The minimum atomic E-state index is -0.331. The SMILES string of the molecule is CN(Cc1ccccc1F)C(=O)CCC(=O)c1ccccc1. The van der Waals surface area contributed by atoms with Crippen LogP contribution >= 0.6 is 0 Å². The van der Waals surface area contributed by atoms with Crippen LogP contribution in [-0.2, 0) is 11.3 Å². The third-order valence-electron chi connectivity index (χ3n) is 3.45. The van der Waals surface area contributed by atoms with E-state index in [0.717, 1.165) is 0 Å². The number of nitrogens with zero attached hydrogens (tertiary/aromatic N) is 1. The van der Waals surface area contributed by atoms with Crippen LogP contribution in [0.1, 0.15) is 28.8 Å². The van der Waals surface area contributed by atoms with Gasteiger partial charge < -0.3 is 4.90 Å². The second kappa shape index (κ2) is 7.50. The summed E-state index contributed by atoms with van der Waals surface area (Å²) in [4.78, 5) is 25.4. The highest BCUT2D eigenvalue weighted by Gasteiger charge is 2.14. The van der Waals surface area contributed by atoms with Gasteiger partial charge in [0.05, 0.1) is 0 Å². The second-order valence-electron chi connectivity index (χ2n) is 5.13. The van der Waals surface area contributed by atoms with Gasteiger partial charge in [0.25, 0.3) is 0 Å². The standard InChI is InChI=1S/C18H18FNO2/c1-20(13-15-9-5-6-10-16(15)19)18(22)12-11-17(21)14-7-3-2-4-8-14/h2-10H,11-13H2,1H3. The summed E-state index contributed by atoms with van der Waals surface area (Å²) in [5.74, 6) is -0.566. The lowest BCUT2D eigenvalue weighted by atomic mass is 10.1. The van der Waals surface area contributed by atoms with Gasteiger partial charge in [0, 0.05) is 37.6 Å². The fourth-order valence-electron chi connectivity index (χ4n) is 2.15. The minimum absolute atomic E-state index is 0.0618. The van der Waals surface area contributed by atoms with E-state index in [9.17, 15) is 14.0 Å². The Balaban J connectivity index is 1.87. The molecule has 0 saturated carbocycles. The predicted octanol–water partition coefficient (Wildman–Crippen LogP) is 3.45. The average Bonchev–Trinajstić information content (AvgIpc) is 2.55. The summed E-state index contributed by atoms with van der Waals surface area (Å²) in [6.45, 7) is 0.199. The van der Waals surface area contributed by atoms with Crippen LogP contribution in [0.3, 0.4) is 0 Å². The lowest BCUT2D eigenvalue weighted by molar-refractivity contribution is -0.130. The number of ketones is 1. The van der Waals surface area contributed by atoms with Crippen molar-refractivity contribution in [2.45, 2.75) is 19.4 Å². The normalized spacial score (nSPS) is 10.3. The molecule has 0 bridgehead atoms. The molecule has 0 atom stereocenters. The maximum Gasteiger partial charge on any atom is 0.223 e. The topological polar surface area (TPSA) is 37.4 Å². The number of hydrogen-bond acceptors (Lipinski definition) is 2. The molecule has 0 heterocycles. The molecule has 0 unspecified atom stereocenters. The zero-order valence-electron chi connectivity index (χ0n) is 12.5. The lowest BCUT2D eigenvalue weighted by Crippen LogP contribution is -2.27. The highest BCUT2D eigenvalue weighted by molar-refractivity contribution is 5.97. The van der Waals surface area contributed by atoms with E-state index in [1.165, 1.54) is 11.0 Å². The average molecular weight is 299 g/mol. The summed E-state index contributed by atoms with van der Waals surface area (Å²) in [6.07, 6.45) is 0.281. The Hall–Kier alpha value is -2.49. The van der Waals surface area contributed by atoms with E-state index in [4.69, 9.17) is 0 Å². The third-order valence-corrected chi connectivity index (χ3v) is 3.45. The Labute approximate surface area is 129 Å². The number of benzene rings is 2. The van der Waals surface area contributed by atoms with Gasteiger partial charge in [0.1, 0.15) is 5.82 Å². The Morgan fingerprint density at radius 3 is 2.27 bits per heavy atom. The maximum atomic E-state index is 13.6. The number of amides is 1. The Morgan fingerprint density at radius 2 is 1.59 bits per heavy atom. The molecule has 0 fully saturated rings. The van der Waals surface area contributed by atoms with Gasteiger partial charge in [-0.1, -0.05) is 48.5 Å². The molecule has 3 nitrogen and oxygen atoms in total. The lowest BCUT2D eigenvalue weighted by Gasteiger charge is -2.17. The number of carbonyl (C=O) groups excluding carboxylic acids is 2. The fraction of sp³-hybridized carbons (Fsp3) is 0.222. The molecule has 0 N–H and O–H groups in total. The van der Waals surface area contributed by atoms with Crippen LogP contribution in [0.15, 0.2) is 54.6 Å². The van der Waals surface area contributed by atoms with Crippen molar-refractivity contribution in [2.24, 2.45) is 0 Å². The van der Waals surface area contributed by atoms with Crippen LogP contribution in [0.5, 0.6) is 0 Å². The van der Waals surface area contributed by atoms with E-state index in [1.807, 2.05) is 6.07 Å². The van der Waals surface area contributed by atoms with Gasteiger partial charge in [0.2, 0.25) is 5.91 Å². The predicted molar refractivity (Wildman–Crippen MR) is 82.9 cm³/mol. The summed E-state index contributed by atoms with van der Waals surface area (Å²) in [5.41, 5.74) is 1.07. The number of rotatable bonds is 6. The Kier molecular flexibility index (Phi) is 5.42. The molecular weight excluding hydrogens is 281 g/mol. The van der Waals surface area contributed by atoms with E-state index in [-0.39, 0.29) is 36.9 Å². The molecule has 0 aliphatic rings. The first-order valence-corrected chi connectivity index (χ1v) is 7.13. The molecule has 2 aromatic rings. The van der Waals surface area contributed by atoms with Crippen molar-refractivity contribution in [3.8, 4) is 0 Å². The van der Waals surface area contributed by atoms with Crippen molar-refractivity contribution in [3.05, 3.63) is 71.5 Å². The largest absolute Gasteiger partial charge is 0.341 e. The number of Topliss-reactive ketones (excluding diaryl/α,β-unsaturated/α-hetero) is 1. The van der Waals surface area contributed by atoms with Gasteiger partial charge in [-0.05, 0) is 6.07 Å². The van der Waals surface area contributed by atoms with Crippen molar-refractivity contribution < 1.29 is 14.0 Å². The molecule has 114 valence electrons. The number of carbonyl (C=O) groups is 2. The molecule has 1 amide bonds. The molecule has 2 rings (SSSR count). The van der Waals surface area contributed by atoms with Gasteiger partial charge in [-0.25, -0.2) is 4.39 Å². The fourth-order valence-corrected chi connectivity index (χ4v) is 2.15. The Morgan fingerprint density at radius 1 is 0.955 bits per heavy atom. The third kappa shape index (κ3) is 4.25. The van der Waals surface area contributed by atoms with Crippen molar-refractivity contribution in [1.82, 2.24) is 4.90 Å². The zero-order valence-corrected chi connectivity index (χ0v) is 12.5. The summed E-state index contributed by atoms with van der Waals surface area (Å²) in [7, 11) is 1.61. The molecule has 0 spiro atoms. The van der Waals surface area contributed by atoms with E-state index in [2.05, 4.69) is 0 Å². The monoisotopic (exact) mass is 299 g/mol. The van der Waals surface area contributed by atoms with Crippen LogP contribution in [0.4, 0.5) is 4.39 Å². The first-order chi connectivity index (χ1) is 10.6. The maximum absolute atomic E-state index is 13.6. The van der Waals surface area contributed by atoms with Crippen molar-refractivity contribution in [2.75, 3.05) is 7.05 Å². The van der Waals surface area contributed by atoms with Crippen LogP contribution in [0.25, 0.3) is 0 Å². The van der Waals surface area contributed by atoms with Crippen molar-refractivity contribution in [1.29, 1.82) is 0 Å². The summed E-state index contributed by atoms with van der Waals surface area (Å²) < 4.78 is 13.6. The van der Waals surface area contributed by atoms with Crippen molar-refractivity contribution >= 4 is 11.7 Å². The van der Waals surface area contributed by atoms with E-state index in [1.54, 1.807) is 49.5 Å². The second-order valence-corrected chi connectivity index (χ2v) is 5.13. The molecule has 0 aliphatic heterocycles. The zero-order chi connectivity index (χ0) is 15.9. The molecule has 0 aromatic heterocycles. The number of halogens is 1. The molecule has 0 aliphatic carbocycles. The van der Waals surface area contributed by atoms with E-state index in [0.29, 0.717) is 11.1 Å². The molecule has 4 heteroatoms.